The first-order valence-electron chi connectivity index (χ1n) is 9.09. The number of rotatable bonds is 3. The number of hydrogen-bond acceptors (Lipinski definition) is 3. The van der Waals surface area contributed by atoms with Crippen molar-refractivity contribution in [1.29, 1.82) is 0 Å². The largest absolute Gasteiger partial charge is 0.365 e. The molecule has 2 amide bonds. The number of carbonyl (C=O) groups excluding carboxylic acids is 2. The van der Waals surface area contributed by atoms with Crippen molar-refractivity contribution in [2.24, 2.45) is 17.1 Å². The first-order valence-corrected chi connectivity index (χ1v) is 10.3. The highest BCUT2D eigenvalue weighted by Crippen LogP contribution is 2.44. The monoisotopic (exact) mass is 404 g/mol. The summed E-state index contributed by atoms with van der Waals surface area (Å²) in [4.78, 5) is 25.9. The number of halogens is 1. The van der Waals surface area contributed by atoms with Gasteiger partial charge in [-0.25, -0.2) is 0 Å². The van der Waals surface area contributed by atoms with Gasteiger partial charge in [0.25, 0.3) is 11.8 Å². The number of nitrogens with one attached hydrogen (secondary N) is 1. The number of primary amides is 1. The van der Waals surface area contributed by atoms with Crippen molar-refractivity contribution in [3.8, 4) is 0 Å². The van der Waals surface area contributed by atoms with E-state index in [1.807, 2.05) is 6.92 Å². The van der Waals surface area contributed by atoms with Gasteiger partial charge < -0.3 is 11.1 Å². The number of hydrogen-bond donors (Lipinski definition) is 2. The van der Waals surface area contributed by atoms with Gasteiger partial charge in [0.15, 0.2) is 0 Å². The molecule has 27 heavy (non-hydrogen) atoms. The molecule has 1 heterocycles. The van der Waals surface area contributed by atoms with E-state index < -0.39 is 5.91 Å². The molecule has 4 nitrogen and oxygen atoms in total. The molecule has 1 aliphatic carbocycles. The number of fused-ring (bicyclic) bond motifs is 1. The maximum absolute atomic E-state index is 12.7. The molecule has 0 radical (unpaired) electrons. The number of nitrogens with two attached hydrogens (primary N) is 1. The Morgan fingerprint density at radius 3 is 2.59 bits per heavy atom. The SMILES string of the molecule is Cc1ccc(C(=O)Nc2sc3c(c2C(N)=O)CC[C@@H](C(C)(C)C)C3)cc1Cl. The average Bonchev–Trinajstić information content (AvgIpc) is 2.93. The Labute approximate surface area is 169 Å². The highest BCUT2D eigenvalue weighted by Gasteiger charge is 2.33. The van der Waals surface area contributed by atoms with E-state index in [2.05, 4.69) is 26.1 Å². The predicted octanol–water partition coefficient (Wildman–Crippen LogP) is 5.21. The molecular weight excluding hydrogens is 380 g/mol. The van der Waals surface area contributed by atoms with Gasteiger partial charge in [-0.3, -0.25) is 9.59 Å². The molecule has 6 heteroatoms. The van der Waals surface area contributed by atoms with Crippen LogP contribution in [-0.2, 0) is 12.8 Å². The molecule has 0 saturated carbocycles. The minimum atomic E-state index is -0.487. The van der Waals surface area contributed by atoms with Gasteiger partial charge in [-0.15, -0.1) is 11.3 Å². The average molecular weight is 405 g/mol. The van der Waals surface area contributed by atoms with Crippen LogP contribution in [0.25, 0.3) is 0 Å². The molecular formula is C21H25ClN2O2S. The summed E-state index contributed by atoms with van der Waals surface area (Å²) in [6.45, 7) is 8.62. The van der Waals surface area contributed by atoms with Crippen molar-refractivity contribution in [1.82, 2.24) is 0 Å². The van der Waals surface area contributed by atoms with Gasteiger partial charge in [0.2, 0.25) is 0 Å². The lowest BCUT2D eigenvalue weighted by Gasteiger charge is -2.33. The number of anilines is 1. The molecule has 1 aromatic heterocycles. The molecule has 0 aliphatic heterocycles. The zero-order valence-electron chi connectivity index (χ0n) is 16.1. The lowest BCUT2D eigenvalue weighted by atomic mass is 9.72. The summed E-state index contributed by atoms with van der Waals surface area (Å²) >= 11 is 7.61. The fourth-order valence-corrected chi connectivity index (χ4v) is 5.09. The Kier molecular flexibility index (Phi) is 5.37. The Morgan fingerprint density at radius 2 is 2.00 bits per heavy atom. The predicted molar refractivity (Wildman–Crippen MR) is 112 cm³/mol. The van der Waals surface area contributed by atoms with Crippen molar-refractivity contribution >= 4 is 39.8 Å². The molecule has 0 fully saturated rings. The summed E-state index contributed by atoms with van der Waals surface area (Å²) in [6.07, 6.45) is 2.75. The van der Waals surface area contributed by atoms with E-state index in [-0.39, 0.29) is 11.3 Å². The maximum atomic E-state index is 12.7. The van der Waals surface area contributed by atoms with Crippen molar-refractivity contribution < 1.29 is 9.59 Å². The Bertz CT molecular complexity index is 912. The molecule has 3 N–H and O–H groups in total. The van der Waals surface area contributed by atoms with Crippen LogP contribution >= 0.6 is 22.9 Å². The van der Waals surface area contributed by atoms with Gasteiger partial charge in [-0.05, 0) is 60.8 Å². The number of carbonyl (C=O) groups is 2. The summed E-state index contributed by atoms with van der Waals surface area (Å²) in [7, 11) is 0. The Balaban J connectivity index is 1.92. The second-order valence-corrected chi connectivity index (χ2v) is 9.81. The third kappa shape index (κ3) is 4.04. The minimum absolute atomic E-state index is 0.205. The van der Waals surface area contributed by atoms with Crippen LogP contribution < -0.4 is 11.1 Å². The third-order valence-corrected chi connectivity index (χ3v) is 6.97. The highest BCUT2D eigenvalue weighted by atomic mass is 35.5. The first kappa shape index (κ1) is 19.9. The molecule has 1 aromatic carbocycles. The van der Waals surface area contributed by atoms with Crippen LogP contribution in [-0.4, -0.2) is 11.8 Å². The number of benzene rings is 1. The summed E-state index contributed by atoms with van der Waals surface area (Å²) < 4.78 is 0. The molecule has 3 rings (SSSR count). The van der Waals surface area contributed by atoms with Gasteiger partial charge in [-0.2, -0.15) is 0 Å². The molecule has 1 atom stereocenters. The summed E-state index contributed by atoms with van der Waals surface area (Å²) in [5.41, 5.74) is 8.70. The Hall–Kier alpha value is -1.85. The van der Waals surface area contributed by atoms with Gasteiger partial charge in [0, 0.05) is 15.5 Å². The summed E-state index contributed by atoms with van der Waals surface area (Å²) in [6, 6.07) is 5.17. The molecule has 0 bridgehead atoms. The first-order chi connectivity index (χ1) is 12.6. The van der Waals surface area contributed by atoms with Gasteiger partial charge in [-0.1, -0.05) is 38.4 Å². The van der Waals surface area contributed by atoms with E-state index in [1.54, 1.807) is 18.2 Å². The molecule has 0 unspecified atom stereocenters. The van der Waals surface area contributed by atoms with Crippen molar-refractivity contribution in [2.75, 3.05) is 5.32 Å². The lowest BCUT2D eigenvalue weighted by Crippen LogP contribution is -2.27. The highest BCUT2D eigenvalue weighted by molar-refractivity contribution is 7.17. The van der Waals surface area contributed by atoms with Gasteiger partial charge in [0.1, 0.15) is 5.00 Å². The van der Waals surface area contributed by atoms with Gasteiger partial charge in [0.05, 0.1) is 5.56 Å². The zero-order chi connectivity index (χ0) is 19.9. The van der Waals surface area contributed by atoms with Crippen molar-refractivity contribution in [2.45, 2.75) is 47.0 Å². The molecule has 2 aromatic rings. The molecule has 1 aliphatic rings. The van der Waals surface area contributed by atoms with E-state index in [9.17, 15) is 9.59 Å². The summed E-state index contributed by atoms with van der Waals surface area (Å²) in [5.74, 6) is -0.229. The van der Waals surface area contributed by atoms with Crippen LogP contribution in [0, 0.1) is 18.3 Å². The smallest absolute Gasteiger partial charge is 0.256 e. The van der Waals surface area contributed by atoms with E-state index in [1.165, 1.54) is 11.3 Å². The standard InChI is InChI=1S/C21H25ClN2O2S/c1-11-5-6-12(9-15(11)22)19(26)24-20-17(18(23)25)14-8-7-13(21(2,3)4)10-16(14)27-20/h5-6,9,13H,7-8,10H2,1-4H3,(H2,23,25)(H,24,26)/t13-/m1/s1. The van der Waals surface area contributed by atoms with E-state index in [4.69, 9.17) is 17.3 Å². The quantitative estimate of drug-likeness (QED) is 0.736. The van der Waals surface area contributed by atoms with Crippen LogP contribution in [0.15, 0.2) is 18.2 Å². The zero-order valence-corrected chi connectivity index (χ0v) is 17.7. The van der Waals surface area contributed by atoms with Crippen LogP contribution in [0.3, 0.4) is 0 Å². The topological polar surface area (TPSA) is 72.2 Å². The third-order valence-electron chi connectivity index (χ3n) is 5.40. The van der Waals surface area contributed by atoms with Crippen molar-refractivity contribution in [3.63, 3.8) is 0 Å². The van der Waals surface area contributed by atoms with Crippen LogP contribution in [0.5, 0.6) is 0 Å². The molecule has 144 valence electrons. The lowest BCUT2D eigenvalue weighted by molar-refractivity contribution is 0.1000. The van der Waals surface area contributed by atoms with E-state index in [0.717, 1.165) is 35.3 Å². The number of thiophene rings is 1. The molecule has 0 spiro atoms. The fraction of sp³-hybridized carbons (Fsp3) is 0.429. The minimum Gasteiger partial charge on any atom is -0.365 e. The second kappa shape index (κ2) is 7.28. The summed E-state index contributed by atoms with van der Waals surface area (Å²) in [5, 5.41) is 3.97. The number of amides is 2. The van der Waals surface area contributed by atoms with Crippen molar-refractivity contribution in [3.05, 3.63) is 50.4 Å². The number of aryl methyl sites for hydroxylation is 1. The normalized spacial score (nSPS) is 16.7. The molecule has 0 saturated heterocycles. The second-order valence-electron chi connectivity index (χ2n) is 8.30. The van der Waals surface area contributed by atoms with Crippen LogP contribution in [0.1, 0.15) is 63.9 Å². The van der Waals surface area contributed by atoms with E-state index in [0.29, 0.717) is 27.1 Å². The maximum Gasteiger partial charge on any atom is 0.256 e. The fourth-order valence-electron chi connectivity index (χ4n) is 3.58. The van der Waals surface area contributed by atoms with Gasteiger partial charge >= 0.3 is 0 Å². The van der Waals surface area contributed by atoms with Crippen LogP contribution in [0.4, 0.5) is 5.00 Å². The van der Waals surface area contributed by atoms with E-state index >= 15 is 0 Å². The Morgan fingerprint density at radius 1 is 1.30 bits per heavy atom. The van der Waals surface area contributed by atoms with Crippen LogP contribution in [0.2, 0.25) is 5.02 Å².